The Balaban J connectivity index is 0.00000196. The lowest BCUT2D eigenvalue weighted by molar-refractivity contribution is 0.144. The average Bonchev–Trinajstić information content (AvgIpc) is 3.23. The van der Waals surface area contributed by atoms with Crippen LogP contribution in [0.3, 0.4) is 0 Å². The molecule has 26 heavy (non-hydrogen) atoms. The number of nitrogens with zero attached hydrogens (tertiary/aromatic N) is 1. The van der Waals surface area contributed by atoms with Crippen LogP contribution in [-0.2, 0) is 11.3 Å². The molecule has 4 rings (SSSR count). The predicted molar refractivity (Wildman–Crippen MR) is 102 cm³/mol. The summed E-state index contributed by atoms with van der Waals surface area (Å²) in [6.45, 7) is 6.95. The minimum absolute atomic E-state index is 0. The van der Waals surface area contributed by atoms with Crippen molar-refractivity contribution in [1.29, 1.82) is 0 Å². The summed E-state index contributed by atoms with van der Waals surface area (Å²) in [5.74, 6) is 2.48. The maximum atomic E-state index is 5.95. The number of piperidine rings is 1. The number of hydrogen-bond donors (Lipinski definition) is 1. The molecule has 3 heterocycles. The summed E-state index contributed by atoms with van der Waals surface area (Å²) >= 11 is 0. The number of likely N-dealkylation sites (tertiary alicyclic amines) is 1. The van der Waals surface area contributed by atoms with Gasteiger partial charge in [0.25, 0.3) is 0 Å². The fraction of sp³-hybridized carbons (Fsp3) is 0.684. The van der Waals surface area contributed by atoms with Gasteiger partial charge in [-0.05, 0) is 50.4 Å². The zero-order valence-electron chi connectivity index (χ0n) is 15.4. The highest BCUT2D eigenvalue weighted by Crippen LogP contribution is 2.42. The van der Waals surface area contributed by atoms with Crippen LogP contribution >= 0.6 is 12.4 Å². The molecular formula is C19H29ClN2O4. The minimum atomic E-state index is 0. The van der Waals surface area contributed by atoms with E-state index in [1.54, 1.807) is 7.11 Å². The largest absolute Gasteiger partial charge is 0.491 e. The lowest BCUT2D eigenvalue weighted by Crippen LogP contribution is -2.38. The van der Waals surface area contributed by atoms with Crippen LogP contribution in [0.2, 0.25) is 0 Å². The Bertz CT molecular complexity index is 607. The van der Waals surface area contributed by atoms with Crippen LogP contribution in [0.5, 0.6) is 17.2 Å². The molecule has 0 atom stereocenters. The molecule has 0 aliphatic carbocycles. The van der Waals surface area contributed by atoms with E-state index in [1.165, 1.54) is 31.4 Å². The van der Waals surface area contributed by atoms with Crippen LogP contribution < -0.4 is 19.5 Å². The number of hydrogen-bond acceptors (Lipinski definition) is 6. The number of methoxy groups -OCH3 is 1. The molecule has 1 aromatic rings. The summed E-state index contributed by atoms with van der Waals surface area (Å²) in [5, 5.41) is 3.49. The number of halogens is 1. The maximum Gasteiger partial charge on any atom is 0.231 e. The van der Waals surface area contributed by atoms with E-state index in [0.29, 0.717) is 18.6 Å². The third-order valence-corrected chi connectivity index (χ3v) is 5.68. The second-order valence-electron chi connectivity index (χ2n) is 7.37. The van der Waals surface area contributed by atoms with Gasteiger partial charge in [-0.25, -0.2) is 0 Å². The second-order valence-corrected chi connectivity index (χ2v) is 7.37. The van der Waals surface area contributed by atoms with Crippen molar-refractivity contribution in [2.24, 2.45) is 5.41 Å². The summed E-state index contributed by atoms with van der Waals surface area (Å²) in [6.07, 6.45) is 3.89. The summed E-state index contributed by atoms with van der Waals surface area (Å²) < 4.78 is 22.1. The smallest absolute Gasteiger partial charge is 0.231 e. The van der Waals surface area contributed by atoms with Gasteiger partial charge in [0.2, 0.25) is 6.79 Å². The molecule has 3 aliphatic heterocycles. The first-order valence-corrected chi connectivity index (χ1v) is 9.25. The molecular weight excluding hydrogens is 356 g/mol. The van der Waals surface area contributed by atoms with Crippen molar-refractivity contribution in [2.45, 2.75) is 25.8 Å². The molecule has 2 fully saturated rings. The second kappa shape index (κ2) is 8.65. The first-order chi connectivity index (χ1) is 12.3. The fourth-order valence-corrected chi connectivity index (χ4v) is 4.23. The van der Waals surface area contributed by atoms with Gasteiger partial charge in [-0.15, -0.1) is 12.4 Å². The molecule has 0 saturated carbocycles. The van der Waals surface area contributed by atoms with Crippen LogP contribution in [0, 0.1) is 5.41 Å². The number of benzene rings is 1. The highest BCUT2D eigenvalue weighted by molar-refractivity contribution is 5.85. The molecule has 6 nitrogen and oxygen atoms in total. The summed E-state index contributed by atoms with van der Waals surface area (Å²) in [5.41, 5.74) is 1.69. The zero-order valence-corrected chi connectivity index (χ0v) is 16.2. The summed E-state index contributed by atoms with van der Waals surface area (Å²) in [4.78, 5) is 2.56. The quantitative estimate of drug-likeness (QED) is 0.760. The topological polar surface area (TPSA) is 52.2 Å². The molecule has 146 valence electrons. The van der Waals surface area contributed by atoms with E-state index >= 15 is 0 Å². The molecule has 3 aliphatic rings. The normalized spacial score (nSPS) is 21.0. The highest BCUT2D eigenvalue weighted by Gasteiger charge is 2.38. The highest BCUT2D eigenvalue weighted by atomic mass is 35.5. The van der Waals surface area contributed by atoms with E-state index in [2.05, 4.69) is 16.3 Å². The number of rotatable bonds is 6. The molecule has 2 saturated heterocycles. The van der Waals surface area contributed by atoms with Gasteiger partial charge in [-0.2, -0.15) is 0 Å². The molecule has 0 aromatic heterocycles. The van der Waals surface area contributed by atoms with Gasteiger partial charge in [0.15, 0.2) is 11.5 Å². The molecule has 0 unspecified atom stereocenters. The number of ether oxygens (including phenoxy) is 4. The Kier molecular flexibility index (Phi) is 6.51. The summed E-state index contributed by atoms with van der Waals surface area (Å²) in [6, 6.07) is 4.04. The van der Waals surface area contributed by atoms with Gasteiger partial charge < -0.3 is 24.3 Å². The van der Waals surface area contributed by atoms with Crippen molar-refractivity contribution in [2.75, 3.05) is 53.3 Å². The van der Waals surface area contributed by atoms with Gasteiger partial charge in [0.05, 0.1) is 6.61 Å². The lowest BCUT2D eigenvalue weighted by atomic mass is 9.78. The first-order valence-electron chi connectivity index (χ1n) is 9.25. The first kappa shape index (κ1) is 19.5. The summed E-state index contributed by atoms with van der Waals surface area (Å²) in [7, 11) is 1.69. The van der Waals surface area contributed by atoms with Crippen molar-refractivity contribution in [3.8, 4) is 17.2 Å². The van der Waals surface area contributed by atoms with Gasteiger partial charge >= 0.3 is 0 Å². The molecule has 0 amide bonds. The Morgan fingerprint density at radius 2 is 1.88 bits per heavy atom. The predicted octanol–water partition coefficient (Wildman–Crippen LogP) is 2.44. The minimum Gasteiger partial charge on any atom is -0.491 e. The molecule has 7 heteroatoms. The van der Waals surface area contributed by atoms with Crippen molar-refractivity contribution < 1.29 is 18.9 Å². The van der Waals surface area contributed by atoms with Crippen molar-refractivity contribution in [1.82, 2.24) is 10.2 Å². The van der Waals surface area contributed by atoms with E-state index in [-0.39, 0.29) is 19.2 Å². The van der Waals surface area contributed by atoms with Crippen LogP contribution in [0.1, 0.15) is 24.8 Å². The molecule has 1 spiro atoms. The van der Waals surface area contributed by atoms with E-state index in [1.807, 2.05) is 6.07 Å². The van der Waals surface area contributed by atoms with Gasteiger partial charge in [-0.3, -0.25) is 4.90 Å². The van der Waals surface area contributed by atoms with Crippen molar-refractivity contribution >= 4 is 12.4 Å². The SMILES string of the molecule is COCCOc1cc2c(cc1CN1CCC3(CCNCC3)C1)OCO2.Cl. The third-order valence-electron chi connectivity index (χ3n) is 5.68. The molecule has 0 radical (unpaired) electrons. The van der Waals surface area contributed by atoms with Gasteiger partial charge in [0, 0.05) is 31.8 Å². The molecule has 1 aromatic carbocycles. The van der Waals surface area contributed by atoms with Crippen LogP contribution in [0.15, 0.2) is 12.1 Å². The van der Waals surface area contributed by atoms with Crippen LogP contribution in [0.25, 0.3) is 0 Å². The van der Waals surface area contributed by atoms with E-state index in [9.17, 15) is 0 Å². The number of fused-ring (bicyclic) bond motifs is 1. The van der Waals surface area contributed by atoms with Crippen molar-refractivity contribution in [3.05, 3.63) is 17.7 Å². The molecule has 0 bridgehead atoms. The van der Waals surface area contributed by atoms with Crippen molar-refractivity contribution in [3.63, 3.8) is 0 Å². The number of nitrogens with one attached hydrogen (secondary N) is 1. The average molecular weight is 385 g/mol. The lowest BCUT2D eigenvalue weighted by Gasteiger charge is -2.34. The maximum absolute atomic E-state index is 5.95. The molecule has 1 N–H and O–H groups in total. The van der Waals surface area contributed by atoms with E-state index in [0.717, 1.165) is 43.4 Å². The fourth-order valence-electron chi connectivity index (χ4n) is 4.23. The third kappa shape index (κ3) is 4.19. The standard InChI is InChI=1S/C19H28N2O4.ClH/c1-22-8-9-23-16-11-18-17(24-14-25-18)10-15(16)12-21-7-4-19(13-21)2-5-20-6-3-19;/h10-11,20H,2-9,12-14H2,1H3;1H. The Hall–Kier alpha value is -1.21. The monoisotopic (exact) mass is 384 g/mol. The Morgan fingerprint density at radius 3 is 2.65 bits per heavy atom. The van der Waals surface area contributed by atoms with E-state index < -0.39 is 0 Å². The van der Waals surface area contributed by atoms with E-state index in [4.69, 9.17) is 18.9 Å². The Morgan fingerprint density at radius 1 is 1.12 bits per heavy atom. The zero-order chi connectivity index (χ0) is 17.1. The van der Waals surface area contributed by atoms with Gasteiger partial charge in [-0.1, -0.05) is 0 Å². The Labute approximate surface area is 161 Å². The van der Waals surface area contributed by atoms with Crippen LogP contribution in [0.4, 0.5) is 0 Å². The van der Waals surface area contributed by atoms with Gasteiger partial charge in [0.1, 0.15) is 12.4 Å². The van der Waals surface area contributed by atoms with Crippen LogP contribution in [-0.4, -0.2) is 58.2 Å².